The first-order chi connectivity index (χ1) is 43.6. The normalized spacial score (nSPS) is 13.8. The van der Waals surface area contributed by atoms with Crippen molar-refractivity contribution in [3.63, 3.8) is 0 Å². The summed E-state index contributed by atoms with van der Waals surface area (Å²) < 4.78 is 141. The maximum Gasteiger partial charge on any atom is 0.407 e. The summed E-state index contributed by atoms with van der Waals surface area (Å²) >= 11 is -2.04. The van der Waals surface area contributed by atoms with Crippen LogP contribution in [0.3, 0.4) is 0 Å². The van der Waals surface area contributed by atoms with E-state index in [4.69, 9.17) is 57.8 Å². The minimum Gasteiger partial charge on any atom is -0.768 e. The van der Waals surface area contributed by atoms with Crippen LogP contribution in [0.15, 0.2) is 21.5 Å². The fraction of sp³-hybridized carbons (Fsp3) is 0.690. The minimum absolute atomic E-state index is 0.00467. The molecule has 2 aromatic rings. The lowest BCUT2D eigenvalue weighted by atomic mass is 9.96. The molecule has 2 atom stereocenters. The second-order valence-corrected chi connectivity index (χ2v) is 22.1. The van der Waals surface area contributed by atoms with Crippen LogP contribution in [0, 0.1) is 23.3 Å². The van der Waals surface area contributed by atoms with Gasteiger partial charge in [-0.3, -0.25) is 23.4 Å². The summed E-state index contributed by atoms with van der Waals surface area (Å²) in [5.74, 6) is -12.4. The number of aliphatic hydroxyl groups excluding tert-OH is 1. The molecule has 1 unspecified atom stereocenters. The number of nitrogens with one attached hydrogen (secondary N) is 3. The zero-order valence-electron chi connectivity index (χ0n) is 51.0. The highest BCUT2D eigenvalue weighted by Crippen LogP contribution is 2.36. The number of aliphatic imine (C=N–C) groups is 1. The Bertz CT molecular complexity index is 2520. The van der Waals surface area contributed by atoms with Gasteiger partial charge in [0.15, 0.2) is 11.6 Å². The van der Waals surface area contributed by atoms with Crippen molar-refractivity contribution in [3.8, 4) is 5.75 Å². The number of nitrogens with zero attached hydrogens (tertiary/aromatic N) is 2. The lowest BCUT2D eigenvalue weighted by Crippen LogP contribution is -2.49. The van der Waals surface area contributed by atoms with E-state index in [1.54, 1.807) is 16.2 Å². The summed E-state index contributed by atoms with van der Waals surface area (Å²) in [4.78, 5) is 69.3. The van der Waals surface area contributed by atoms with Gasteiger partial charge in [-0.1, -0.05) is 13.3 Å². The number of ether oxygens (including phenoxy) is 12. The van der Waals surface area contributed by atoms with E-state index < -0.39 is 87.9 Å². The maximum absolute atomic E-state index is 13.9. The van der Waals surface area contributed by atoms with Crippen LogP contribution in [0.5, 0.6) is 5.75 Å². The Morgan fingerprint density at radius 1 is 0.700 bits per heavy atom. The third-order valence-corrected chi connectivity index (χ3v) is 14.9. The molecule has 26 nitrogen and oxygen atoms in total. The SMILES string of the molecule is CCCN(CCCNC(=O)OC1CCC1)C(=O)C1=Cc2sc(CCCCCNC(=O)[C@H](CO)NC(=O)CCOCCOCCOCCOCCOCCOCCOCCOCCOCCOCCC(=O)Oc3c(F)c(F)c(S(=O)[O-])c(F)c3F)cc2N=C(N)C1. The van der Waals surface area contributed by atoms with Gasteiger partial charge in [-0.05, 0) is 74.6 Å². The van der Waals surface area contributed by atoms with Crippen molar-refractivity contribution >= 4 is 69.8 Å². The summed E-state index contributed by atoms with van der Waals surface area (Å²) in [7, 11) is 0. The van der Waals surface area contributed by atoms with Crippen molar-refractivity contribution in [1.82, 2.24) is 20.9 Å². The summed E-state index contributed by atoms with van der Waals surface area (Å²) in [5, 5.41) is 17.9. The number of thiophene rings is 1. The fourth-order valence-electron chi connectivity index (χ4n) is 8.22. The molecule has 32 heteroatoms. The number of aliphatic hydroxyl groups is 1. The number of esters is 1. The quantitative estimate of drug-likeness (QED) is 0.0156. The smallest absolute Gasteiger partial charge is 0.407 e. The Labute approximate surface area is 528 Å². The molecular weight excluding hydrogens is 1240 g/mol. The van der Waals surface area contributed by atoms with Crippen LogP contribution in [0.1, 0.15) is 87.3 Å². The molecule has 2 aliphatic rings. The summed E-state index contributed by atoms with van der Waals surface area (Å²) in [6, 6.07) is 0.914. The summed E-state index contributed by atoms with van der Waals surface area (Å²) in [5.41, 5.74) is 7.60. The zero-order chi connectivity index (χ0) is 65.1. The highest BCUT2D eigenvalue weighted by molar-refractivity contribution is 7.79. The Morgan fingerprint density at radius 2 is 1.20 bits per heavy atom. The Hall–Kier alpha value is -5.33. The molecule has 0 spiro atoms. The largest absolute Gasteiger partial charge is 0.768 e. The van der Waals surface area contributed by atoms with Crippen molar-refractivity contribution in [2.24, 2.45) is 10.7 Å². The van der Waals surface area contributed by atoms with Gasteiger partial charge in [0.25, 0.3) is 0 Å². The van der Waals surface area contributed by atoms with E-state index >= 15 is 0 Å². The van der Waals surface area contributed by atoms with E-state index in [1.165, 1.54) is 0 Å². The number of aryl methyl sites for hydroxylation is 1. The second kappa shape index (κ2) is 46.7. The van der Waals surface area contributed by atoms with Crippen molar-refractivity contribution in [2.45, 2.75) is 101 Å². The number of alkyl carbamates (subject to hydrolysis) is 1. The second-order valence-electron chi connectivity index (χ2n) is 20.1. The van der Waals surface area contributed by atoms with Crippen LogP contribution in [-0.4, -0.2) is 231 Å². The molecule has 2 heterocycles. The number of hydrogen-bond donors (Lipinski definition) is 5. The Kier molecular flexibility index (Phi) is 40.0. The first-order valence-electron chi connectivity index (χ1n) is 30.1. The Morgan fingerprint density at radius 3 is 1.68 bits per heavy atom. The van der Waals surface area contributed by atoms with Crippen LogP contribution in [0.4, 0.5) is 28.0 Å². The van der Waals surface area contributed by atoms with Gasteiger partial charge in [0.1, 0.15) is 22.9 Å². The predicted octanol–water partition coefficient (Wildman–Crippen LogP) is 4.08. The van der Waals surface area contributed by atoms with E-state index in [1.807, 2.05) is 19.1 Å². The molecule has 510 valence electrons. The maximum atomic E-state index is 13.9. The molecule has 0 radical (unpaired) electrons. The van der Waals surface area contributed by atoms with E-state index in [0.29, 0.717) is 136 Å². The van der Waals surface area contributed by atoms with Crippen LogP contribution < -0.4 is 26.4 Å². The number of unbranched alkanes of at least 4 members (excludes halogenated alkanes) is 2. The molecule has 1 saturated carbocycles. The van der Waals surface area contributed by atoms with Gasteiger partial charge in [-0.25, -0.2) is 18.6 Å². The van der Waals surface area contributed by atoms with E-state index in [-0.39, 0.29) is 71.1 Å². The van der Waals surface area contributed by atoms with Crippen LogP contribution in [0.2, 0.25) is 0 Å². The first-order valence-corrected chi connectivity index (χ1v) is 32.0. The average molecular weight is 1330 g/mol. The number of benzene rings is 1. The number of amidine groups is 1. The third-order valence-electron chi connectivity index (χ3n) is 13.1. The number of hydrogen-bond acceptors (Lipinski definition) is 23. The Balaban J connectivity index is 0.859. The average Bonchev–Trinajstić information content (AvgIpc) is 0.911. The van der Waals surface area contributed by atoms with E-state index in [2.05, 4.69) is 25.7 Å². The number of amides is 4. The molecule has 1 aromatic heterocycles. The van der Waals surface area contributed by atoms with Gasteiger partial charge >= 0.3 is 12.1 Å². The standard InChI is InChI=1S/C58H88F4N6O20S2/c1-2-15-68(16-7-14-65-58(74)87-42-8-6-9-42)57(73)41-37-46-44(66-47(63)38-41)39-43(89-46)10-4-3-5-13-64-56(72)45(40-69)67-48(70)11-17-77-19-21-79-23-25-81-27-29-83-31-33-85-35-36-86-34-32-84-30-28-82-26-24-80-22-20-78-18-12-49(71)88-54-50(59)52(61)55(90(75)76)53(62)51(54)60/h37,39,42,45,69H,2-36,38,40H2,1H3,(H2,63,66)(H,64,72)(H,65,74)(H,67,70)(H,75,76)/p-1/t45-/m0/s1. The molecule has 4 rings (SSSR count). The lowest BCUT2D eigenvalue weighted by Gasteiger charge is -2.25. The van der Waals surface area contributed by atoms with Crippen molar-refractivity contribution in [3.05, 3.63) is 44.7 Å². The topological polar surface area (TPSA) is 334 Å². The number of halogens is 4. The van der Waals surface area contributed by atoms with Crippen molar-refractivity contribution in [1.29, 1.82) is 0 Å². The van der Waals surface area contributed by atoms with Gasteiger partial charge < -0.3 is 93.1 Å². The third kappa shape index (κ3) is 31.3. The highest BCUT2D eigenvalue weighted by Gasteiger charge is 2.29. The van der Waals surface area contributed by atoms with Crippen LogP contribution in [-0.2, 0) is 88.8 Å². The molecule has 1 aliphatic heterocycles. The molecule has 1 aromatic carbocycles. The van der Waals surface area contributed by atoms with Crippen molar-refractivity contribution in [2.75, 3.05) is 165 Å². The molecule has 4 amide bonds. The lowest BCUT2D eigenvalue weighted by molar-refractivity contribution is -0.136. The molecule has 1 fully saturated rings. The minimum atomic E-state index is -3.61. The fourth-order valence-corrected chi connectivity index (χ4v) is 9.80. The van der Waals surface area contributed by atoms with Gasteiger partial charge in [0.2, 0.25) is 35.1 Å². The monoisotopic (exact) mass is 1330 g/mol. The van der Waals surface area contributed by atoms with Gasteiger partial charge in [0, 0.05) is 49.5 Å². The van der Waals surface area contributed by atoms with Gasteiger partial charge in [-0.15, -0.1) is 11.3 Å². The molecule has 0 saturated heterocycles. The number of rotatable bonds is 52. The van der Waals surface area contributed by atoms with Crippen molar-refractivity contribution < 1.29 is 112 Å². The van der Waals surface area contributed by atoms with E-state index in [9.17, 15) is 55.4 Å². The van der Waals surface area contributed by atoms with Crippen LogP contribution >= 0.6 is 11.3 Å². The van der Waals surface area contributed by atoms with E-state index in [0.717, 1.165) is 60.4 Å². The molecule has 6 N–H and O–H groups in total. The zero-order valence-corrected chi connectivity index (χ0v) is 52.6. The van der Waals surface area contributed by atoms with Crippen LogP contribution in [0.25, 0.3) is 6.08 Å². The number of carbonyl (C=O) groups excluding carboxylic acids is 5. The molecule has 0 bridgehead atoms. The number of nitrogens with two attached hydrogens (primary N) is 1. The van der Waals surface area contributed by atoms with Gasteiger partial charge in [0.05, 0.1) is 156 Å². The number of carbonyl (C=O) groups is 5. The molecular formula is C58H87F4N6O20S2-. The summed E-state index contributed by atoms with van der Waals surface area (Å²) in [6.07, 6.45) is 8.59. The predicted molar refractivity (Wildman–Crippen MR) is 318 cm³/mol. The number of fused-ring (bicyclic) bond motifs is 1. The summed E-state index contributed by atoms with van der Waals surface area (Å²) in [6.45, 7) is 8.68. The van der Waals surface area contributed by atoms with Gasteiger partial charge in [-0.2, -0.15) is 8.78 Å². The molecule has 90 heavy (non-hydrogen) atoms. The molecule has 1 aliphatic carbocycles. The first kappa shape index (κ1) is 77.1. The highest BCUT2D eigenvalue weighted by atomic mass is 32.2.